The minimum absolute atomic E-state index is 0.0962. The Hall–Kier alpha value is -1.12. The Kier molecular flexibility index (Phi) is 3.36. The second-order valence-corrected chi connectivity index (χ2v) is 6.31. The topological polar surface area (TPSA) is 20.2 Å². The zero-order valence-electron chi connectivity index (χ0n) is 10.5. The van der Waals surface area contributed by atoms with Crippen LogP contribution in [0.2, 0.25) is 0 Å². The van der Waals surface area contributed by atoms with Crippen molar-refractivity contribution in [1.29, 1.82) is 0 Å². The smallest absolute Gasteiger partial charge is 0.0688 e. The molecular formula is C15H18OS. The summed E-state index contributed by atoms with van der Waals surface area (Å²) < 4.78 is 0. The summed E-state index contributed by atoms with van der Waals surface area (Å²) in [5.74, 6) is 0. The minimum Gasteiger partial charge on any atom is -0.392 e. The highest BCUT2D eigenvalue weighted by Gasteiger charge is 2.17. The molecule has 2 rings (SSSR count). The first-order chi connectivity index (χ1) is 8.02. The molecule has 0 aliphatic rings. The molecule has 2 heteroatoms. The Morgan fingerprint density at radius 1 is 1.06 bits per heavy atom. The third-order valence-corrected chi connectivity index (χ3v) is 4.34. The van der Waals surface area contributed by atoms with Crippen molar-refractivity contribution in [2.75, 3.05) is 0 Å². The van der Waals surface area contributed by atoms with E-state index in [-0.39, 0.29) is 12.0 Å². The monoisotopic (exact) mass is 246 g/mol. The lowest BCUT2D eigenvalue weighted by Gasteiger charge is -2.15. The van der Waals surface area contributed by atoms with Crippen LogP contribution in [-0.2, 0) is 12.0 Å². The van der Waals surface area contributed by atoms with E-state index < -0.39 is 0 Å². The molecular weight excluding hydrogens is 228 g/mol. The second kappa shape index (κ2) is 4.63. The number of benzene rings is 1. The predicted molar refractivity (Wildman–Crippen MR) is 74.4 cm³/mol. The number of rotatable bonds is 2. The lowest BCUT2D eigenvalue weighted by atomic mass is 9.95. The number of hydrogen-bond donors (Lipinski definition) is 1. The van der Waals surface area contributed by atoms with Gasteiger partial charge in [-0.2, -0.15) is 0 Å². The maximum absolute atomic E-state index is 9.35. The van der Waals surface area contributed by atoms with Crippen molar-refractivity contribution in [3.05, 3.63) is 46.8 Å². The first kappa shape index (κ1) is 12.3. The van der Waals surface area contributed by atoms with E-state index in [2.05, 4.69) is 39.0 Å². The zero-order valence-corrected chi connectivity index (χ0v) is 11.3. The highest BCUT2D eigenvalue weighted by Crippen LogP contribution is 2.36. The van der Waals surface area contributed by atoms with Gasteiger partial charge >= 0.3 is 0 Å². The Morgan fingerprint density at radius 3 is 2.35 bits per heavy atom. The normalized spacial score (nSPS) is 11.8. The summed E-state index contributed by atoms with van der Waals surface area (Å²) in [5.41, 5.74) is 2.34. The summed E-state index contributed by atoms with van der Waals surface area (Å²) in [4.78, 5) is 2.61. The Labute approximate surface area is 107 Å². The highest BCUT2D eigenvalue weighted by atomic mass is 32.1. The lowest BCUT2D eigenvalue weighted by molar-refractivity contribution is 0.282. The number of thiophene rings is 1. The van der Waals surface area contributed by atoms with Crippen LogP contribution >= 0.6 is 11.3 Å². The standard InChI is InChI=1S/C15H18OS/c1-15(2,3)14-9-8-13(17-14)12-7-5-4-6-11(12)10-16/h4-9,16H,10H2,1-3H3. The van der Waals surface area contributed by atoms with Gasteiger partial charge in [0.15, 0.2) is 0 Å². The number of aliphatic hydroxyl groups is 1. The summed E-state index contributed by atoms with van der Waals surface area (Å²) >= 11 is 1.81. The average Bonchev–Trinajstić information content (AvgIpc) is 2.77. The quantitative estimate of drug-likeness (QED) is 0.841. The van der Waals surface area contributed by atoms with Gasteiger partial charge in [-0.15, -0.1) is 11.3 Å². The van der Waals surface area contributed by atoms with E-state index >= 15 is 0 Å². The van der Waals surface area contributed by atoms with E-state index in [1.165, 1.54) is 9.75 Å². The van der Waals surface area contributed by atoms with Gasteiger partial charge in [0.25, 0.3) is 0 Å². The molecule has 17 heavy (non-hydrogen) atoms. The van der Waals surface area contributed by atoms with Crippen LogP contribution in [-0.4, -0.2) is 5.11 Å². The van der Waals surface area contributed by atoms with Crippen LogP contribution in [0.4, 0.5) is 0 Å². The van der Waals surface area contributed by atoms with Crippen LogP contribution in [0.25, 0.3) is 10.4 Å². The minimum atomic E-state index is 0.0962. The molecule has 0 unspecified atom stereocenters. The van der Waals surface area contributed by atoms with Crippen molar-refractivity contribution in [3.8, 4) is 10.4 Å². The second-order valence-electron chi connectivity index (χ2n) is 5.23. The van der Waals surface area contributed by atoms with Crippen LogP contribution in [0.5, 0.6) is 0 Å². The molecule has 90 valence electrons. The van der Waals surface area contributed by atoms with E-state index in [0.29, 0.717) is 0 Å². The van der Waals surface area contributed by atoms with Crippen molar-refractivity contribution in [2.45, 2.75) is 32.8 Å². The van der Waals surface area contributed by atoms with Gasteiger partial charge in [-0.3, -0.25) is 0 Å². The molecule has 1 N–H and O–H groups in total. The number of aliphatic hydroxyl groups excluding tert-OH is 1. The summed E-state index contributed by atoms with van der Waals surface area (Å²) in [5, 5.41) is 9.35. The molecule has 0 radical (unpaired) electrons. The van der Waals surface area contributed by atoms with Crippen LogP contribution in [0.15, 0.2) is 36.4 Å². The molecule has 0 amide bonds. The fourth-order valence-electron chi connectivity index (χ4n) is 1.78. The van der Waals surface area contributed by atoms with E-state index in [0.717, 1.165) is 11.1 Å². The summed E-state index contributed by atoms with van der Waals surface area (Å²) in [6.45, 7) is 6.76. The van der Waals surface area contributed by atoms with Gasteiger partial charge in [0, 0.05) is 9.75 Å². The molecule has 2 aromatic rings. The maximum Gasteiger partial charge on any atom is 0.0688 e. The third-order valence-electron chi connectivity index (χ3n) is 2.80. The van der Waals surface area contributed by atoms with E-state index in [1.54, 1.807) is 0 Å². The summed E-state index contributed by atoms with van der Waals surface area (Å²) in [7, 11) is 0. The van der Waals surface area contributed by atoms with Crippen molar-refractivity contribution >= 4 is 11.3 Å². The Bertz CT molecular complexity index is 506. The first-order valence-corrected chi connectivity index (χ1v) is 6.63. The Balaban J connectivity index is 2.44. The van der Waals surface area contributed by atoms with Crippen molar-refractivity contribution in [3.63, 3.8) is 0 Å². The molecule has 1 nitrogen and oxygen atoms in total. The third kappa shape index (κ3) is 2.59. The largest absolute Gasteiger partial charge is 0.392 e. The van der Waals surface area contributed by atoms with Gasteiger partial charge in [-0.25, -0.2) is 0 Å². The number of hydrogen-bond acceptors (Lipinski definition) is 2. The summed E-state index contributed by atoms with van der Waals surface area (Å²) in [6.07, 6.45) is 0. The summed E-state index contributed by atoms with van der Waals surface area (Å²) in [6, 6.07) is 12.4. The molecule has 0 saturated heterocycles. The molecule has 0 fully saturated rings. The molecule has 0 saturated carbocycles. The molecule has 1 heterocycles. The SMILES string of the molecule is CC(C)(C)c1ccc(-c2ccccc2CO)s1. The van der Waals surface area contributed by atoms with Crippen molar-refractivity contribution < 1.29 is 5.11 Å². The molecule has 0 atom stereocenters. The molecule has 0 bridgehead atoms. The van der Waals surface area contributed by atoms with Gasteiger partial charge in [-0.05, 0) is 28.7 Å². The van der Waals surface area contributed by atoms with Crippen molar-refractivity contribution in [2.24, 2.45) is 0 Å². The van der Waals surface area contributed by atoms with E-state index in [4.69, 9.17) is 0 Å². The molecule has 0 aliphatic carbocycles. The zero-order chi connectivity index (χ0) is 12.5. The molecule has 0 spiro atoms. The lowest BCUT2D eigenvalue weighted by Crippen LogP contribution is -2.07. The average molecular weight is 246 g/mol. The maximum atomic E-state index is 9.35. The van der Waals surface area contributed by atoms with Gasteiger partial charge in [0.05, 0.1) is 6.61 Å². The fourth-order valence-corrected chi connectivity index (χ4v) is 2.91. The van der Waals surface area contributed by atoms with Gasteiger partial charge in [0.1, 0.15) is 0 Å². The molecule has 1 aromatic carbocycles. The van der Waals surface area contributed by atoms with Crippen LogP contribution in [0.3, 0.4) is 0 Å². The van der Waals surface area contributed by atoms with Gasteiger partial charge in [0.2, 0.25) is 0 Å². The Morgan fingerprint density at radius 2 is 1.76 bits per heavy atom. The molecule has 1 aromatic heterocycles. The fraction of sp³-hybridized carbons (Fsp3) is 0.333. The van der Waals surface area contributed by atoms with E-state index in [9.17, 15) is 5.11 Å². The van der Waals surface area contributed by atoms with Crippen LogP contribution in [0.1, 0.15) is 31.2 Å². The van der Waals surface area contributed by atoms with E-state index in [1.807, 2.05) is 29.5 Å². The van der Waals surface area contributed by atoms with Crippen LogP contribution < -0.4 is 0 Å². The first-order valence-electron chi connectivity index (χ1n) is 5.82. The van der Waals surface area contributed by atoms with Crippen molar-refractivity contribution in [1.82, 2.24) is 0 Å². The highest BCUT2D eigenvalue weighted by molar-refractivity contribution is 7.15. The molecule has 0 aliphatic heterocycles. The predicted octanol–water partition coefficient (Wildman–Crippen LogP) is 4.20. The van der Waals surface area contributed by atoms with Gasteiger partial charge in [-0.1, -0.05) is 45.0 Å². The van der Waals surface area contributed by atoms with Gasteiger partial charge < -0.3 is 5.11 Å². The van der Waals surface area contributed by atoms with Crippen LogP contribution in [0, 0.1) is 0 Å².